The van der Waals surface area contributed by atoms with Crippen LogP contribution in [0.5, 0.6) is 0 Å². The van der Waals surface area contributed by atoms with Crippen molar-refractivity contribution in [3.63, 3.8) is 0 Å². The summed E-state index contributed by atoms with van der Waals surface area (Å²) in [6.07, 6.45) is 5.04. The molecule has 2 aliphatic heterocycles. The van der Waals surface area contributed by atoms with Gasteiger partial charge in [-0.05, 0) is 61.7 Å². The molecule has 3 aromatic rings. The molecule has 6 rings (SSSR count). The zero-order valence-corrected chi connectivity index (χ0v) is 22.2. The Bertz CT molecular complexity index is 1570. The van der Waals surface area contributed by atoms with E-state index in [2.05, 4.69) is 0 Å². The molecule has 0 spiro atoms. The lowest BCUT2D eigenvalue weighted by Gasteiger charge is -2.28. The molecule has 0 atom stereocenters. The number of carbonyl (C=O) groups is 3. The third-order valence-electron chi connectivity index (χ3n) is 7.90. The molecule has 0 radical (unpaired) electrons. The molecule has 1 saturated carbocycles. The molecule has 10 nitrogen and oxygen atoms in total. The summed E-state index contributed by atoms with van der Waals surface area (Å²) in [5.74, 6) is -0.694. The van der Waals surface area contributed by atoms with Gasteiger partial charge in [0.2, 0.25) is 0 Å². The highest BCUT2D eigenvalue weighted by atomic mass is 16.6. The second-order valence-corrected chi connectivity index (χ2v) is 10.4. The van der Waals surface area contributed by atoms with Crippen LogP contribution in [0.4, 0.5) is 27.5 Å². The fraction of sp³-hybridized carbons (Fsp3) is 0.267. The molecule has 3 aromatic carbocycles. The molecule has 202 valence electrons. The highest BCUT2D eigenvalue weighted by molar-refractivity contribution is 6.35. The van der Waals surface area contributed by atoms with Crippen molar-refractivity contribution in [2.75, 3.05) is 16.8 Å². The summed E-state index contributed by atoms with van der Waals surface area (Å²) in [5.41, 5.74) is 4.05. The van der Waals surface area contributed by atoms with Gasteiger partial charge in [-0.3, -0.25) is 24.6 Å². The first kappa shape index (κ1) is 25.4. The van der Waals surface area contributed by atoms with Crippen LogP contribution in [0.3, 0.4) is 0 Å². The van der Waals surface area contributed by atoms with Gasteiger partial charge < -0.3 is 0 Å². The smallest absolute Gasteiger partial charge is 0.268 e. The maximum atomic E-state index is 13.8. The standard InChI is InChI=1S/C30H27N5O5/c1-18-16-26-24(17-25(18)34-28(36)22-10-6-7-11-23(22)29(34)37)27(19-8-4-3-5-9-19)31-32(2)30(38)33(26)20-12-14-21(15-13-20)35(39)40/h6-7,10-17,19H,3-5,8-9H2,1-2H3. The number of benzene rings is 3. The fourth-order valence-electron chi connectivity index (χ4n) is 5.88. The Kier molecular flexibility index (Phi) is 6.17. The molecule has 1 fully saturated rings. The lowest BCUT2D eigenvalue weighted by atomic mass is 9.82. The van der Waals surface area contributed by atoms with Crippen molar-refractivity contribution in [3.05, 3.63) is 93.0 Å². The van der Waals surface area contributed by atoms with Gasteiger partial charge in [0.15, 0.2) is 0 Å². The van der Waals surface area contributed by atoms with Crippen LogP contribution in [0.25, 0.3) is 0 Å². The Balaban J connectivity index is 1.55. The number of aryl methyl sites for hydroxylation is 1. The van der Waals surface area contributed by atoms with Crippen molar-refractivity contribution in [2.24, 2.45) is 11.0 Å². The van der Waals surface area contributed by atoms with Gasteiger partial charge in [0.25, 0.3) is 17.5 Å². The number of amides is 4. The van der Waals surface area contributed by atoms with Crippen LogP contribution in [0.1, 0.15) is 63.9 Å². The van der Waals surface area contributed by atoms with Gasteiger partial charge in [0, 0.05) is 30.7 Å². The zero-order valence-electron chi connectivity index (χ0n) is 22.2. The van der Waals surface area contributed by atoms with Crippen LogP contribution in [0.15, 0.2) is 65.8 Å². The van der Waals surface area contributed by atoms with Crippen LogP contribution < -0.4 is 9.80 Å². The van der Waals surface area contributed by atoms with E-state index in [1.165, 1.54) is 39.1 Å². The summed E-state index contributed by atoms with van der Waals surface area (Å²) in [7, 11) is 1.59. The minimum atomic E-state index is -0.489. The molecule has 0 aromatic heterocycles. The van der Waals surface area contributed by atoms with E-state index in [9.17, 15) is 24.5 Å². The number of hydrazone groups is 1. The molecule has 0 N–H and O–H groups in total. The fourth-order valence-corrected chi connectivity index (χ4v) is 5.88. The lowest BCUT2D eigenvalue weighted by molar-refractivity contribution is -0.384. The van der Waals surface area contributed by atoms with Crippen LogP contribution in [0, 0.1) is 23.0 Å². The van der Waals surface area contributed by atoms with E-state index in [1.54, 1.807) is 50.4 Å². The first-order valence-corrected chi connectivity index (χ1v) is 13.3. The number of hydrogen-bond acceptors (Lipinski definition) is 6. The molecule has 0 saturated heterocycles. The van der Waals surface area contributed by atoms with Crippen molar-refractivity contribution in [2.45, 2.75) is 39.0 Å². The maximum absolute atomic E-state index is 13.8. The lowest BCUT2D eigenvalue weighted by Crippen LogP contribution is -2.35. The van der Waals surface area contributed by atoms with E-state index >= 15 is 0 Å². The van der Waals surface area contributed by atoms with Crippen molar-refractivity contribution in [1.29, 1.82) is 0 Å². The normalized spacial score (nSPS) is 17.5. The predicted octanol–water partition coefficient (Wildman–Crippen LogP) is 6.19. The molecule has 4 amide bonds. The first-order valence-electron chi connectivity index (χ1n) is 13.3. The molecule has 0 bridgehead atoms. The van der Waals surface area contributed by atoms with E-state index < -0.39 is 22.8 Å². The quantitative estimate of drug-likeness (QED) is 0.223. The molecule has 1 aliphatic carbocycles. The average Bonchev–Trinajstić information content (AvgIpc) is 3.16. The number of carbonyl (C=O) groups excluding carboxylic acids is 3. The summed E-state index contributed by atoms with van der Waals surface area (Å²) in [6, 6.07) is 15.7. The maximum Gasteiger partial charge on any atom is 0.349 e. The highest BCUT2D eigenvalue weighted by Crippen LogP contribution is 2.42. The van der Waals surface area contributed by atoms with Gasteiger partial charge >= 0.3 is 6.03 Å². The first-order chi connectivity index (χ1) is 19.3. The van der Waals surface area contributed by atoms with Crippen molar-refractivity contribution in [3.8, 4) is 0 Å². The minimum Gasteiger partial charge on any atom is -0.268 e. The molecule has 3 aliphatic rings. The summed E-state index contributed by atoms with van der Waals surface area (Å²) in [6.45, 7) is 1.80. The third-order valence-corrected chi connectivity index (χ3v) is 7.90. The van der Waals surface area contributed by atoms with E-state index in [0.29, 0.717) is 39.3 Å². The Morgan fingerprint density at radius 2 is 1.45 bits per heavy atom. The molecular formula is C30H27N5O5. The number of nitro groups is 1. The number of fused-ring (bicyclic) bond motifs is 2. The van der Waals surface area contributed by atoms with Gasteiger partial charge in [0.1, 0.15) is 0 Å². The van der Waals surface area contributed by atoms with Gasteiger partial charge in [-0.2, -0.15) is 5.10 Å². The van der Waals surface area contributed by atoms with Crippen LogP contribution in [-0.4, -0.2) is 40.5 Å². The Hall–Kier alpha value is -4.86. The number of urea groups is 1. The molecule has 40 heavy (non-hydrogen) atoms. The number of hydrogen-bond donors (Lipinski definition) is 0. The van der Waals surface area contributed by atoms with Crippen molar-refractivity contribution >= 4 is 46.3 Å². The van der Waals surface area contributed by atoms with Crippen molar-refractivity contribution < 1.29 is 19.3 Å². The van der Waals surface area contributed by atoms with Gasteiger partial charge in [-0.25, -0.2) is 14.7 Å². The SMILES string of the molecule is Cc1cc2c(cc1N1C(=O)c3ccccc3C1=O)C(C1CCCCC1)=NN(C)C(=O)N2c1ccc([N+](=O)[O-])cc1. The number of non-ortho nitro benzene ring substituents is 1. The summed E-state index contributed by atoms with van der Waals surface area (Å²) < 4.78 is 0. The summed E-state index contributed by atoms with van der Waals surface area (Å²) in [5, 5.41) is 17.3. The van der Waals surface area contributed by atoms with Gasteiger partial charge in [-0.15, -0.1) is 0 Å². The molecule has 10 heteroatoms. The van der Waals surface area contributed by atoms with E-state index in [4.69, 9.17) is 5.10 Å². The second-order valence-electron chi connectivity index (χ2n) is 10.4. The Morgan fingerprint density at radius 1 is 0.825 bits per heavy atom. The largest absolute Gasteiger partial charge is 0.349 e. The average molecular weight is 538 g/mol. The number of imide groups is 1. The Labute approximate surface area is 230 Å². The van der Waals surface area contributed by atoms with Gasteiger partial charge in [-0.1, -0.05) is 31.4 Å². The Morgan fingerprint density at radius 3 is 2.05 bits per heavy atom. The number of nitro benzene ring substituents is 1. The minimum absolute atomic E-state index is 0.0871. The predicted molar refractivity (Wildman–Crippen MR) is 150 cm³/mol. The monoisotopic (exact) mass is 537 g/mol. The molecule has 0 unspecified atom stereocenters. The van der Waals surface area contributed by atoms with E-state index in [-0.39, 0.29) is 11.6 Å². The van der Waals surface area contributed by atoms with E-state index in [1.807, 2.05) is 0 Å². The number of anilines is 3. The third kappa shape index (κ3) is 4.03. The van der Waals surface area contributed by atoms with Crippen LogP contribution in [0.2, 0.25) is 0 Å². The topological polar surface area (TPSA) is 116 Å². The number of rotatable bonds is 4. The molecular weight excluding hydrogens is 510 g/mol. The zero-order chi connectivity index (χ0) is 28.1. The number of nitrogens with zero attached hydrogens (tertiary/aromatic N) is 5. The summed E-state index contributed by atoms with van der Waals surface area (Å²) in [4.78, 5) is 54.0. The second kappa shape index (κ2) is 9.71. The molecule has 2 heterocycles. The van der Waals surface area contributed by atoms with Crippen LogP contribution in [-0.2, 0) is 0 Å². The van der Waals surface area contributed by atoms with Crippen LogP contribution >= 0.6 is 0 Å². The van der Waals surface area contributed by atoms with Gasteiger partial charge in [0.05, 0.1) is 38.8 Å². The van der Waals surface area contributed by atoms with E-state index in [0.717, 1.165) is 37.8 Å². The highest BCUT2D eigenvalue weighted by Gasteiger charge is 2.39. The van der Waals surface area contributed by atoms with Crippen molar-refractivity contribution in [1.82, 2.24) is 5.01 Å². The summed E-state index contributed by atoms with van der Waals surface area (Å²) >= 11 is 0.